The van der Waals surface area contributed by atoms with Gasteiger partial charge in [0.05, 0.1) is 11.1 Å². The molecule has 3 rings (SSSR count). The quantitative estimate of drug-likeness (QED) is 0.706. The van der Waals surface area contributed by atoms with Gasteiger partial charge in [-0.2, -0.15) is 4.31 Å². The average molecular weight is 409 g/mol. The zero-order chi connectivity index (χ0) is 20.3. The van der Waals surface area contributed by atoms with E-state index in [1.807, 2.05) is 19.3 Å². The second-order valence-corrected chi connectivity index (χ2v) is 9.35. The number of sulfonamides is 1. The minimum Gasteiger partial charge on any atom is -0.355 e. The van der Waals surface area contributed by atoms with E-state index in [4.69, 9.17) is 0 Å². The summed E-state index contributed by atoms with van der Waals surface area (Å²) < 4.78 is 27.1. The number of anilines is 1. The van der Waals surface area contributed by atoms with Gasteiger partial charge in [-0.05, 0) is 18.4 Å². The molecule has 2 atom stereocenters. The van der Waals surface area contributed by atoms with Crippen LogP contribution in [0.5, 0.6) is 0 Å². The van der Waals surface area contributed by atoms with Crippen LogP contribution >= 0.6 is 0 Å². The van der Waals surface area contributed by atoms with Crippen molar-refractivity contribution >= 4 is 32.8 Å². The predicted octanol–water partition coefficient (Wildman–Crippen LogP) is 0.961. The molecule has 10 heteroatoms. The number of nitrogens with zero attached hydrogens (tertiary/aromatic N) is 4. The van der Waals surface area contributed by atoms with E-state index in [0.717, 1.165) is 23.3 Å². The number of carbonyl (C=O) groups excluding carboxylic acids is 1. The Balaban J connectivity index is 1.73. The molecule has 2 N–H and O–H groups in total. The predicted molar refractivity (Wildman–Crippen MR) is 109 cm³/mol. The number of rotatable bonds is 7. The third-order valence-electron chi connectivity index (χ3n) is 5.44. The molecule has 0 bridgehead atoms. The standard InChI is InChI=1S/C18H28N6O3S/c1-4-16(25)19-8-10-28(26,27)24-9-6-13(2)15(11-24)23(3)18-14-5-7-20-17(14)21-12-22-18/h5,7,12-13,15H,4,6,8-11H2,1-3H3,(H,19,25)(H,20,21,22)/t13-,15+/m1/s1. The summed E-state index contributed by atoms with van der Waals surface area (Å²) >= 11 is 0. The van der Waals surface area contributed by atoms with E-state index < -0.39 is 10.0 Å². The van der Waals surface area contributed by atoms with Gasteiger partial charge in [0.1, 0.15) is 17.8 Å². The van der Waals surface area contributed by atoms with Crippen molar-refractivity contribution in [2.75, 3.05) is 37.3 Å². The molecule has 0 radical (unpaired) electrons. The fourth-order valence-electron chi connectivity index (χ4n) is 3.65. The Hall–Kier alpha value is -2.20. The Morgan fingerprint density at radius 3 is 2.96 bits per heavy atom. The summed E-state index contributed by atoms with van der Waals surface area (Å²) in [5.74, 6) is 0.885. The van der Waals surface area contributed by atoms with E-state index in [-0.39, 0.29) is 24.2 Å². The van der Waals surface area contributed by atoms with Crippen molar-refractivity contribution in [3.8, 4) is 0 Å². The van der Waals surface area contributed by atoms with Crippen LogP contribution in [0.15, 0.2) is 18.6 Å². The largest absolute Gasteiger partial charge is 0.355 e. The van der Waals surface area contributed by atoms with E-state index in [9.17, 15) is 13.2 Å². The molecule has 1 amide bonds. The smallest absolute Gasteiger partial charge is 0.219 e. The SMILES string of the molecule is CCC(=O)NCCS(=O)(=O)N1CC[C@@H](C)[C@@H](N(C)c2ncnc3[nH]ccc23)C1. The van der Waals surface area contributed by atoms with Crippen molar-refractivity contribution in [1.29, 1.82) is 0 Å². The fraction of sp³-hybridized carbons (Fsp3) is 0.611. The first-order chi connectivity index (χ1) is 13.3. The zero-order valence-electron chi connectivity index (χ0n) is 16.6. The van der Waals surface area contributed by atoms with Crippen LogP contribution in [0, 0.1) is 5.92 Å². The Morgan fingerprint density at radius 2 is 2.21 bits per heavy atom. The van der Waals surface area contributed by atoms with Gasteiger partial charge < -0.3 is 15.2 Å². The van der Waals surface area contributed by atoms with Crippen molar-refractivity contribution < 1.29 is 13.2 Å². The lowest BCUT2D eigenvalue weighted by atomic mass is 9.93. The lowest BCUT2D eigenvalue weighted by molar-refractivity contribution is -0.120. The molecule has 2 aromatic rings. The molecular weight excluding hydrogens is 380 g/mol. The van der Waals surface area contributed by atoms with Gasteiger partial charge in [0, 0.05) is 45.3 Å². The van der Waals surface area contributed by atoms with Gasteiger partial charge >= 0.3 is 0 Å². The van der Waals surface area contributed by atoms with Crippen LogP contribution in [0.4, 0.5) is 5.82 Å². The highest BCUT2D eigenvalue weighted by molar-refractivity contribution is 7.89. The lowest BCUT2D eigenvalue weighted by Gasteiger charge is -2.41. The summed E-state index contributed by atoms with van der Waals surface area (Å²) in [4.78, 5) is 25.2. The lowest BCUT2D eigenvalue weighted by Crippen LogP contribution is -2.53. The van der Waals surface area contributed by atoms with Gasteiger partial charge in [0.2, 0.25) is 15.9 Å². The van der Waals surface area contributed by atoms with Crippen molar-refractivity contribution in [3.05, 3.63) is 18.6 Å². The van der Waals surface area contributed by atoms with Crippen LogP contribution in [0.1, 0.15) is 26.7 Å². The monoisotopic (exact) mass is 408 g/mol. The summed E-state index contributed by atoms with van der Waals surface area (Å²) in [5, 5.41) is 3.55. The molecule has 3 heterocycles. The number of piperidine rings is 1. The number of likely N-dealkylation sites (N-methyl/N-ethyl adjacent to an activating group) is 1. The number of hydrogen-bond donors (Lipinski definition) is 2. The van der Waals surface area contributed by atoms with Gasteiger partial charge in [-0.25, -0.2) is 18.4 Å². The van der Waals surface area contributed by atoms with Crippen LogP contribution in [0.3, 0.4) is 0 Å². The Kier molecular flexibility index (Phi) is 6.19. The number of amides is 1. The first kappa shape index (κ1) is 20.5. The molecule has 0 spiro atoms. The first-order valence-electron chi connectivity index (χ1n) is 9.59. The number of aromatic nitrogens is 3. The van der Waals surface area contributed by atoms with Crippen LogP contribution in [0.25, 0.3) is 11.0 Å². The second-order valence-electron chi connectivity index (χ2n) is 7.26. The third kappa shape index (κ3) is 4.27. The van der Waals surface area contributed by atoms with Gasteiger partial charge in [-0.15, -0.1) is 0 Å². The fourth-order valence-corrected chi connectivity index (χ4v) is 5.03. The maximum atomic E-state index is 12.8. The van der Waals surface area contributed by atoms with Gasteiger partial charge in [0.15, 0.2) is 0 Å². The molecule has 0 saturated carbocycles. The van der Waals surface area contributed by atoms with Crippen LogP contribution < -0.4 is 10.2 Å². The van der Waals surface area contributed by atoms with Crippen molar-refractivity contribution in [3.63, 3.8) is 0 Å². The molecule has 1 aliphatic heterocycles. The molecule has 0 aliphatic carbocycles. The first-order valence-corrected chi connectivity index (χ1v) is 11.2. The van der Waals surface area contributed by atoms with Crippen molar-refractivity contribution in [2.45, 2.75) is 32.7 Å². The minimum atomic E-state index is -3.44. The molecular formula is C18H28N6O3S. The summed E-state index contributed by atoms with van der Waals surface area (Å²) in [7, 11) is -1.49. The van der Waals surface area contributed by atoms with Crippen LogP contribution in [-0.4, -0.2) is 72.1 Å². The highest BCUT2D eigenvalue weighted by Gasteiger charge is 2.35. The topological polar surface area (TPSA) is 111 Å². The number of aromatic amines is 1. The van der Waals surface area contributed by atoms with Gasteiger partial charge in [-0.3, -0.25) is 4.79 Å². The number of nitrogens with one attached hydrogen (secondary N) is 2. The Labute approximate surface area is 165 Å². The molecule has 0 aromatic carbocycles. The van der Waals surface area contributed by atoms with E-state index in [1.54, 1.807) is 11.2 Å². The highest BCUT2D eigenvalue weighted by Crippen LogP contribution is 2.29. The van der Waals surface area contributed by atoms with Crippen LogP contribution in [0.2, 0.25) is 0 Å². The molecule has 1 fully saturated rings. The van der Waals surface area contributed by atoms with E-state index in [0.29, 0.717) is 25.4 Å². The Bertz CT molecular complexity index is 928. The van der Waals surface area contributed by atoms with E-state index in [2.05, 4.69) is 32.1 Å². The number of hydrogen-bond acceptors (Lipinski definition) is 6. The summed E-state index contributed by atoms with van der Waals surface area (Å²) in [6.45, 7) is 4.92. The summed E-state index contributed by atoms with van der Waals surface area (Å²) in [6.07, 6.45) is 4.46. The Morgan fingerprint density at radius 1 is 1.43 bits per heavy atom. The van der Waals surface area contributed by atoms with E-state index >= 15 is 0 Å². The molecule has 2 aromatic heterocycles. The summed E-state index contributed by atoms with van der Waals surface area (Å²) in [6, 6.07) is 1.93. The molecule has 28 heavy (non-hydrogen) atoms. The normalized spacial score (nSPS) is 21.0. The molecule has 1 aliphatic rings. The average Bonchev–Trinajstić information content (AvgIpc) is 3.16. The van der Waals surface area contributed by atoms with Gasteiger partial charge in [-0.1, -0.05) is 13.8 Å². The maximum Gasteiger partial charge on any atom is 0.219 e. The molecule has 9 nitrogen and oxygen atoms in total. The molecule has 1 saturated heterocycles. The van der Waals surface area contributed by atoms with Crippen molar-refractivity contribution in [2.24, 2.45) is 5.92 Å². The minimum absolute atomic E-state index is 0.00163. The number of fused-ring (bicyclic) bond motifs is 1. The van der Waals surface area contributed by atoms with E-state index in [1.165, 1.54) is 6.33 Å². The number of H-pyrrole nitrogens is 1. The zero-order valence-corrected chi connectivity index (χ0v) is 17.4. The summed E-state index contributed by atoms with van der Waals surface area (Å²) in [5.41, 5.74) is 0.761. The third-order valence-corrected chi connectivity index (χ3v) is 7.28. The molecule has 154 valence electrons. The second kappa shape index (κ2) is 8.44. The van der Waals surface area contributed by atoms with Crippen LogP contribution in [-0.2, 0) is 14.8 Å². The van der Waals surface area contributed by atoms with Gasteiger partial charge in [0.25, 0.3) is 0 Å². The van der Waals surface area contributed by atoms with Crippen molar-refractivity contribution in [1.82, 2.24) is 24.6 Å². The maximum absolute atomic E-state index is 12.8. The number of carbonyl (C=O) groups is 1. The highest BCUT2D eigenvalue weighted by atomic mass is 32.2. The molecule has 0 unspecified atom stereocenters.